The molecule has 1 amide bonds. The van der Waals surface area contributed by atoms with E-state index < -0.39 is 0 Å². The molecule has 1 N–H and O–H groups in total. The molecule has 0 aliphatic rings. The molecule has 0 bridgehead atoms. The van der Waals surface area contributed by atoms with E-state index >= 15 is 0 Å². The highest BCUT2D eigenvalue weighted by atomic mass is 32.1. The summed E-state index contributed by atoms with van der Waals surface area (Å²) in [6, 6.07) is 16.1. The largest absolute Gasteiger partial charge is 0.355 e. The Kier molecular flexibility index (Phi) is 4.72. The monoisotopic (exact) mass is 324 g/mol. The number of para-hydroxylation sites is 1. The van der Waals surface area contributed by atoms with Gasteiger partial charge in [-0.2, -0.15) is 0 Å². The second kappa shape index (κ2) is 6.92. The molecule has 1 unspecified atom stereocenters. The zero-order valence-corrected chi connectivity index (χ0v) is 14.2. The first-order chi connectivity index (χ1) is 11.1. The van der Waals surface area contributed by atoms with Crippen LogP contribution in [0.3, 0.4) is 0 Å². The number of benzene rings is 2. The second-order valence-electron chi connectivity index (χ2n) is 5.83. The van der Waals surface area contributed by atoms with Crippen LogP contribution in [0, 0.1) is 6.92 Å². The van der Waals surface area contributed by atoms with Crippen LogP contribution in [0.2, 0.25) is 0 Å². The van der Waals surface area contributed by atoms with Crippen molar-refractivity contribution in [1.82, 2.24) is 10.3 Å². The molecule has 1 heterocycles. The Morgan fingerprint density at radius 3 is 2.70 bits per heavy atom. The molecule has 0 saturated carbocycles. The third kappa shape index (κ3) is 3.77. The Morgan fingerprint density at radius 1 is 1.17 bits per heavy atom. The van der Waals surface area contributed by atoms with Crippen molar-refractivity contribution in [3.05, 3.63) is 64.7 Å². The van der Waals surface area contributed by atoms with Gasteiger partial charge in [-0.1, -0.05) is 43.3 Å². The minimum absolute atomic E-state index is 0.0623. The Hall–Kier alpha value is -2.20. The van der Waals surface area contributed by atoms with Gasteiger partial charge in [-0.25, -0.2) is 4.98 Å². The number of amides is 1. The van der Waals surface area contributed by atoms with E-state index in [4.69, 9.17) is 0 Å². The maximum Gasteiger partial charge on any atom is 0.224 e. The lowest BCUT2D eigenvalue weighted by Gasteiger charge is -2.11. The van der Waals surface area contributed by atoms with Gasteiger partial charge in [-0.3, -0.25) is 4.79 Å². The smallest absolute Gasteiger partial charge is 0.224 e. The summed E-state index contributed by atoms with van der Waals surface area (Å²) in [5, 5.41) is 4.10. The van der Waals surface area contributed by atoms with E-state index in [1.807, 2.05) is 49.4 Å². The molecular formula is C19H20N2OS. The van der Waals surface area contributed by atoms with Gasteiger partial charge in [0.15, 0.2) is 0 Å². The van der Waals surface area contributed by atoms with Gasteiger partial charge in [0, 0.05) is 12.5 Å². The lowest BCUT2D eigenvalue weighted by Crippen LogP contribution is -2.29. The van der Waals surface area contributed by atoms with Crippen LogP contribution < -0.4 is 5.32 Å². The molecule has 0 aliphatic carbocycles. The molecule has 3 nitrogen and oxygen atoms in total. The van der Waals surface area contributed by atoms with E-state index in [0.29, 0.717) is 13.0 Å². The third-order valence-electron chi connectivity index (χ3n) is 3.95. The van der Waals surface area contributed by atoms with Crippen molar-refractivity contribution in [1.29, 1.82) is 0 Å². The summed E-state index contributed by atoms with van der Waals surface area (Å²) in [6.45, 7) is 4.75. The lowest BCUT2D eigenvalue weighted by atomic mass is 10.1. The first-order valence-electron chi connectivity index (χ1n) is 7.80. The molecule has 0 saturated heterocycles. The maximum absolute atomic E-state index is 12.1. The van der Waals surface area contributed by atoms with Gasteiger partial charge in [-0.05, 0) is 30.2 Å². The maximum atomic E-state index is 12.1. The van der Waals surface area contributed by atoms with Crippen LogP contribution in [0.25, 0.3) is 10.2 Å². The van der Waals surface area contributed by atoms with Crippen LogP contribution in [0.1, 0.15) is 29.0 Å². The number of aryl methyl sites for hydroxylation is 1. The van der Waals surface area contributed by atoms with Gasteiger partial charge in [0.25, 0.3) is 0 Å². The van der Waals surface area contributed by atoms with Gasteiger partial charge >= 0.3 is 0 Å². The fourth-order valence-electron chi connectivity index (χ4n) is 2.50. The molecule has 0 aliphatic heterocycles. The number of carbonyl (C=O) groups excluding carboxylic acids is 1. The Labute approximate surface area is 140 Å². The molecule has 1 aromatic heterocycles. The van der Waals surface area contributed by atoms with E-state index in [1.165, 1.54) is 4.70 Å². The van der Waals surface area contributed by atoms with Gasteiger partial charge in [0.1, 0.15) is 0 Å². The summed E-state index contributed by atoms with van der Waals surface area (Å²) in [6.07, 6.45) is 0.430. The van der Waals surface area contributed by atoms with E-state index in [2.05, 4.69) is 23.3 Å². The first-order valence-corrected chi connectivity index (χ1v) is 8.62. The molecule has 3 aromatic rings. The van der Waals surface area contributed by atoms with Crippen molar-refractivity contribution in [2.24, 2.45) is 0 Å². The Morgan fingerprint density at radius 2 is 1.91 bits per heavy atom. The summed E-state index contributed by atoms with van der Waals surface area (Å²) in [4.78, 5) is 16.8. The number of hydrogen-bond donors (Lipinski definition) is 1. The molecular weight excluding hydrogens is 304 g/mol. The molecule has 0 fully saturated rings. The SMILES string of the molecule is Cc1ccccc1CC(=O)NCC(C)c1nc2ccccc2s1. The van der Waals surface area contributed by atoms with Gasteiger partial charge in [0.05, 0.1) is 21.6 Å². The van der Waals surface area contributed by atoms with Crippen LogP contribution in [0.15, 0.2) is 48.5 Å². The van der Waals surface area contributed by atoms with Gasteiger partial charge < -0.3 is 5.32 Å². The fourth-order valence-corrected chi connectivity index (χ4v) is 3.52. The number of hydrogen-bond acceptors (Lipinski definition) is 3. The normalized spacial score (nSPS) is 12.3. The van der Waals surface area contributed by atoms with Crippen molar-refractivity contribution in [3.8, 4) is 0 Å². The Balaban J connectivity index is 1.59. The summed E-state index contributed by atoms with van der Waals surface area (Å²) >= 11 is 1.70. The van der Waals surface area contributed by atoms with Crippen molar-refractivity contribution in [2.45, 2.75) is 26.2 Å². The number of aromatic nitrogens is 1. The minimum atomic E-state index is 0.0623. The zero-order chi connectivity index (χ0) is 16.2. The van der Waals surface area contributed by atoms with Crippen LogP contribution in [0.5, 0.6) is 0 Å². The average Bonchev–Trinajstić information content (AvgIpc) is 2.99. The number of nitrogens with zero attached hydrogens (tertiary/aromatic N) is 1. The highest BCUT2D eigenvalue weighted by Crippen LogP contribution is 2.26. The van der Waals surface area contributed by atoms with E-state index in [-0.39, 0.29) is 11.8 Å². The number of nitrogens with one attached hydrogen (secondary N) is 1. The van der Waals surface area contributed by atoms with Crippen LogP contribution >= 0.6 is 11.3 Å². The van der Waals surface area contributed by atoms with E-state index in [0.717, 1.165) is 21.7 Å². The molecule has 4 heteroatoms. The molecule has 118 valence electrons. The standard InChI is InChI=1S/C19H20N2OS/c1-13-7-3-4-8-15(13)11-18(22)20-12-14(2)19-21-16-9-5-6-10-17(16)23-19/h3-10,14H,11-12H2,1-2H3,(H,20,22). The molecule has 2 aromatic carbocycles. The van der Waals surface area contributed by atoms with Crippen LogP contribution in [-0.2, 0) is 11.2 Å². The van der Waals surface area contributed by atoms with E-state index in [1.54, 1.807) is 11.3 Å². The van der Waals surface area contributed by atoms with E-state index in [9.17, 15) is 4.79 Å². The summed E-state index contributed by atoms with van der Waals surface area (Å²) in [7, 11) is 0. The highest BCUT2D eigenvalue weighted by Gasteiger charge is 2.13. The number of fused-ring (bicyclic) bond motifs is 1. The third-order valence-corrected chi connectivity index (χ3v) is 5.22. The predicted octanol–water partition coefficient (Wildman–Crippen LogP) is 4.07. The topological polar surface area (TPSA) is 42.0 Å². The number of rotatable bonds is 5. The molecule has 0 radical (unpaired) electrons. The Bertz CT molecular complexity index is 792. The van der Waals surface area contributed by atoms with Gasteiger partial charge in [-0.15, -0.1) is 11.3 Å². The fraction of sp³-hybridized carbons (Fsp3) is 0.263. The quantitative estimate of drug-likeness (QED) is 0.769. The van der Waals surface area contributed by atoms with Crippen molar-refractivity contribution in [3.63, 3.8) is 0 Å². The lowest BCUT2D eigenvalue weighted by molar-refractivity contribution is -0.120. The predicted molar refractivity (Wildman–Crippen MR) is 95.9 cm³/mol. The number of carbonyl (C=O) groups is 1. The number of thiazole rings is 1. The second-order valence-corrected chi connectivity index (χ2v) is 6.89. The zero-order valence-electron chi connectivity index (χ0n) is 13.4. The van der Waals surface area contributed by atoms with Crippen molar-refractivity contribution >= 4 is 27.5 Å². The highest BCUT2D eigenvalue weighted by molar-refractivity contribution is 7.18. The van der Waals surface area contributed by atoms with Crippen molar-refractivity contribution in [2.75, 3.05) is 6.54 Å². The molecule has 3 rings (SSSR count). The van der Waals surface area contributed by atoms with Crippen LogP contribution in [-0.4, -0.2) is 17.4 Å². The summed E-state index contributed by atoms with van der Waals surface area (Å²) in [5.74, 6) is 0.278. The van der Waals surface area contributed by atoms with Crippen molar-refractivity contribution < 1.29 is 4.79 Å². The molecule has 1 atom stereocenters. The molecule has 0 spiro atoms. The minimum Gasteiger partial charge on any atom is -0.355 e. The summed E-state index contributed by atoms with van der Waals surface area (Å²) in [5.41, 5.74) is 3.27. The van der Waals surface area contributed by atoms with Crippen LogP contribution in [0.4, 0.5) is 0 Å². The first kappa shape index (κ1) is 15.7. The average molecular weight is 324 g/mol. The van der Waals surface area contributed by atoms with Gasteiger partial charge in [0.2, 0.25) is 5.91 Å². The summed E-state index contributed by atoms with van der Waals surface area (Å²) < 4.78 is 1.19. The molecule has 23 heavy (non-hydrogen) atoms.